The minimum Gasteiger partial charge on any atom is -0.491 e. The average molecular weight is 445 g/mol. The molecule has 1 fully saturated rings. The third kappa shape index (κ3) is 5.02. The summed E-state index contributed by atoms with van der Waals surface area (Å²) in [6.07, 6.45) is 0.249. The van der Waals surface area contributed by atoms with E-state index in [0.29, 0.717) is 18.6 Å². The number of nitro benzene ring substituents is 1. The number of sulfone groups is 1. The van der Waals surface area contributed by atoms with Crippen LogP contribution in [0.5, 0.6) is 5.75 Å². The predicted molar refractivity (Wildman–Crippen MR) is 115 cm³/mol. The van der Waals surface area contributed by atoms with Gasteiger partial charge in [0.1, 0.15) is 24.3 Å². The van der Waals surface area contributed by atoms with Crippen molar-refractivity contribution < 1.29 is 23.2 Å². The highest BCUT2D eigenvalue weighted by molar-refractivity contribution is 7.91. The number of aliphatic hydroxyl groups excluding tert-OH is 1. The second-order valence-electron chi connectivity index (χ2n) is 7.82. The Kier molecular flexibility index (Phi) is 5.92. The van der Waals surface area contributed by atoms with Gasteiger partial charge >= 0.3 is 0 Å². The van der Waals surface area contributed by atoms with Crippen molar-refractivity contribution >= 4 is 26.6 Å². The molecule has 1 N–H and O–H groups in total. The van der Waals surface area contributed by atoms with Crippen LogP contribution in [0.2, 0.25) is 0 Å². The van der Waals surface area contributed by atoms with Crippen molar-refractivity contribution in [2.75, 3.05) is 18.1 Å². The van der Waals surface area contributed by atoms with Crippen LogP contribution in [0.3, 0.4) is 0 Å². The zero-order valence-corrected chi connectivity index (χ0v) is 17.6. The number of benzene rings is 2. The number of imidazole rings is 1. The number of rotatable bonds is 8. The fourth-order valence-corrected chi connectivity index (χ4v) is 5.78. The summed E-state index contributed by atoms with van der Waals surface area (Å²) < 4.78 is 31.1. The summed E-state index contributed by atoms with van der Waals surface area (Å²) in [5.74, 6) is 1.42. The Hall–Kier alpha value is -2.98. The molecule has 0 aliphatic carbocycles. The molecule has 10 heteroatoms. The first-order valence-corrected chi connectivity index (χ1v) is 11.8. The SMILES string of the molecule is O=[N+]([O-])c1cccc(OC[C@@H](O)Cn2c(C[C@H]3CCS(=O)(=O)C3)nc3ccccc32)c1. The predicted octanol–water partition coefficient (Wildman–Crippen LogP) is 2.36. The zero-order chi connectivity index (χ0) is 22.0. The Labute approximate surface area is 179 Å². The third-order valence-electron chi connectivity index (χ3n) is 5.40. The van der Waals surface area contributed by atoms with Gasteiger partial charge in [0.05, 0.1) is 40.1 Å². The van der Waals surface area contributed by atoms with Gasteiger partial charge in [-0.1, -0.05) is 18.2 Å². The maximum Gasteiger partial charge on any atom is 0.273 e. The number of ether oxygens (including phenoxy) is 1. The van der Waals surface area contributed by atoms with Crippen molar-refractivity contribution in [2.24, 2.45) is 5.92 Å². The van der Waals surface area contributed by atoms with Crippen LogP contribution < -0.4 is 4.74 Å². The number of nitro groups is 1. The number of non-ortho nitro benzene ring substituents is 1. The first kappa shape index (κ1) is 21.3. The van der Waals surface area contributed by atoms with Crippen LogP contribution in [0.15, 0.2) is 48.5 Å². The molecule has 0 spiro atoms. The molecule has 1 aromatic heterocycles. The van der Waals surface area contributed by atoms with Gasteiger partial charge < -0.3 is 14.4 Å². The molecule has 9 nitrogen and oxygen atoms in total. The largest absolute Gasteiger partial charge is 0.491 e. The Bertz CT molecular complexity index is 1210. The van der Waals surface area contributed by atoms with Crippen LogP contribution >= 0.6 is 0 Å². The van der Waals surface area contributed by atoms with Crippen molar-refractivity contribution in [3.8, 4) is 5.75 Å². The lowest BCUT2D eigenvalue weighted by atomic mass is 10.1. The number of aromatic nitrogens is 2. The lowest BCUT2D eigenvalue weighted by molar-refractivity contribution is -0.384. The van der Waals surface area contributed by atoms with E-state index in [1.54, 1.807) is 6.07 Å². The Morgan fingerprint density at radius 2 is 2.06 bits per heavy atom. The molecule has 31 heavy (non-hydrogen) atoms. The lowest BCUT2D eigenvalue weighted by Crippen LogP contribution is -2.25. The Balaban J connectivity index is 1.49. The minimum absolute atomic E-state index is 0.0128. The average Bonchev–Trinajstić information content (AvgIpc) is 3.26. The normalized spacial score (nSPS) is 18.8. The summed E-state index contributed by atoms with van der Waals surface area (Å²) in [5.41, 5.74) is 1.55. The highest BCUT2D eigenvalue weighted by Crippen LogP contribution is 2.25. The molecule has 164 valence electrons. The van der Waals surface area contributed by atoms with Gasteiger partial charge in [0.15, 0.2) is 9.84 Å². The molecule has 0 saturated carbocycles. The molecule has 0 bridgehead atoms. The van der Waals surface area contributed by atoms with E-state index in [0.717, 1.165) is 16.9 Å². The maximum absolute atomic E-state index is 11.8. The van der Waals surface area contributed by atoms with E-state index in [2.05, 4.69) is 4.98 Å². The van der Waals surface area contributed by atoms with Crippen LogP contribution in [0.4, 0.5) is 5.69 Å². The van der Waals surface area contributed by atoms with Crippen molar-refractivity contribution in [3.63, 3.8) is 0 Å². The molecule has 2 heterocycles. The Morgan fingerprint density at radius 1 is 1.26 bits per heavy atom. The molecule has 2 aromatic carbocycles. The van der Waals surface area contributed by atoms with Crippen molar-refractivity contribution in [3.05, 3.63) is 64.5 Å². The van der Waals surface area contributed by atoms with Gasteiger partial charge in [-0.05, 0) is 30.5 Å². The Morgan fingerprint density at radius 3 is 2.81 bits per heavy atom. The second-order valence-corrected chi connectivity index (χ2v) is 10.0. The maximum atomic E-state index is 11.8. The number of fused-ring (bicyclic) bond motifs is 1. The summed E-state index contributed by atoms with van der Waals surface area (Å²) in [4.78, 5) is 15.1. The first-order chi connectivity index (χ1) is 14.8. The molecular weight excluding hydrogens is 422 g/mol. The lowest BCUT2D eigenvalue weighted by Gasteiger charge is -2.16. The van der Waals surface area contributed by atoms with Gasteiger partial charge in [0.2, 0.25) is 0 Å². The quantitative estimate of drug-likeness (QED) is 0.417. The highest BCUT2D eigenvalue weighted by atomic mass is 32.2. The van der Waals surface area contributed by atoms with Crippen molar-refractivity contribution in [1.82, 2.24) is 9.55 Å². The van der Waals surface area contributed by atoms with E-state index in [1.165, 1.54) is 18.2 Å². The van der Waals surface area contributed by atoms with Crippen LogP contribution in [0.25, 0.3) is 11.0 Å². The number of hydrogen-bond acceptors (Lipinski definition) is 7. The van der Waals surface area contributed by atoms with Gasteiger partial charge in [-0.25, -0.2) is 13.4 Å². The summed E-state index contributed by atoms with van der Waals surface area (Å²) in [6.45, 7) is 0.162. The number of nitrogens with zero attached hydrogens (tertiary/aromatic N) is 3. The molecular formula is C21H23N3O6S. The molecule has 0 radical (unpaired) electrons. The standard InChI is InChI=1S/C21H23N3O6S/c25-17(13-30-18-5-3-4-16(11-18)24(26)27)12-23-20-7-2-1-6-19(20)22-21(23)10-15-8-9-31(28,29)14-15/h1-7,11,15,17,25H,8-10,12-14H2/t15-,17+/m1/s1. The van der Waals surface area contributed by atoms with E-state index in [1.807, 2.05) is 28.8 Å². The topological polar surface area (TPSA) is 125 Å². The van der Waals surface area contributed by atoms with E-state index >= 15 is 0 Å². The highest BCUT2D eigenvalue weighted by Gasteiger charge is 2.29. The van der Waals surface area contributed by atoms with Crippen molar-refractivity contribution in [2.45, 2.75) is 25.5 Å². The van der Waals surface area contributed by atoms with Crippen molar-refractivity contribution in [1.29, 1.82) is 0 Å². The van der Waals surface area contributed by atoms with E-state index < -0.39 is 20.9 Å². The molecule has 0 unspecified atom stereocenters. The molecule has 0 amide bonds. The van der Waals surface area contributed by atoms with Crippen LogP contribution in [0, 0.1) is 16.0 Å². The zero-order valence-electron chi connectivity index (χ0n) is 16.8. The molecule has 2 atom stereocenters. The summed E-state index contributed by atoms with van der Waals surface area (Å²) in [7, 11) is -2.98. The summed E-state index contributed by atoms with van der Waals surface area (Å²) in [6, 6.07) is 13.4. The molecule has 4 rings (SSSR count). The second kappa shape index (κ2) is 8.64. The van der Waals surface area contributed by atoms with Gasteiger partial charge in [-0.15, -0.1) is 0 Å². The van der Waals surface area contributed by atoms with Crippen LogP contribution in [-0.2, 0) is 22.8 Å². The van der Waals surface area contributed by atoms with Crippen LogP contribution in [-0.4, -0.2) is 52.2 Å². The van der Waals surface area contributed by atoms with Gasteiger partial charge in [0, 0.05) is 12.5 Å². The first-order valence-electron chi connectivity index (χ1n) is 10.0. The van der Waals surface area contributed by atoms with Crippen LogP contribution in [0.1, 0.15) is 12.2 Å². The van der Waals surface area contributed by atoms with E-state index in [4.69, 9.17) is 4.74 Å². The fraction of sp³-hybridized carbons (Fsp3) is 0.381. The van der Waals surface area contributed by atoms with Gasteiger partial charge in [0.25, 0.3) is 5.69 Å². The molecule has 3 aromatic rings. The van der Waals surface area contributed by atoms with E-state index in [-0.39, 0.29) is 36.3 Å². The number of hydrogen-bond donors (Lipinski definition) is 1. The monoisotopic (exact) mass is 445 g/mol. The number of aliphatic hydroxyl groups is 1. The minimum atomic E-state index is -2.98. The summed E-state index contributed by atoms with van der Waals surface area (Å²) >= 11 is 0. The molecule has 1 aliphatic rings. The molecule has 1 saturated heterocycles. The van der Waals surface area contributed by atoms with Gasteiger partial charge in [-0.3, -0.25) is 10.1 Å². The summed E-state index contributed by atoms with van der Waals surface area (Å²) in [5, 5.41) is 21.5. The smallest absolute Gasteiger partial charge is 0.273 e. The van der Waals surface area contributed by atoms with E-state index in [9.17, 15) is 23.6 Å². The third-order valence-corrected chi connectivity index (χ3v) is 7.23. The van der Waals surface area contributed by atoms with Gasteiger partial charge in [-0.2, -0.15) is 0 Å². The number of para-hydroxylation sites is 2. The molecule has 1 aliphatic heterocycles. The fourth-order valence-electron chi connectivity index (χ4n) is 3.92.